The zero-order chi connectivity index (χ0) is 15.5. The minimum absolute atomic E-state index is 0.00269. The molecule has 1 spiro atoms. The summed E-state index contributed by atoms with van der Waals surface area (Å²) in [7, 11) is 0. The van der Waals surface area contributed by atoms with E-state index in [9.17, 15) is 9.59 Å². The third kappa shape index (κ3) is 2.80. The molecule has 0 aromatic heterocycles. The number of hydrogen-bond donors (Lipinski definition) is 1. The number of nitrogens with one attached hydrogen (secondary N) is 1. The van der Waals surface area contributed by atoms with Crippen molar-refractivity contribution in [1.29, 1.82) is 0 Å². The van der Waals surface area contributed by atoms with E-state index in [0.717, 1.165) is 32.1 Å². The predicted molar refractivity (Wildman–Crippen MR) is 80.9 cm³/mol. The Balaban J connectivity index is 2.17. The minimum atomic E-state index is -0.725. The second-order valence-corrected chi connectivity index (χ2v) is 6.38. The number of ether oxygens (including phenoxy) is 1. The Labute approximate surface area is 127 Å². The van der Waals surface area contributed by atoms with Crippen LogP contribution in [0.3, 0.4) is 0 Å². The molecule has 5 nitrogen and oxygen atoms in total. The summed E-state index contributed by atoms with van der Waals surface area (Å²) >= 11 is 0. The molecule has 120 valence electrons. The standard InChI is InChI=1S/C16H28N2O3/c1-4-15(3)13(19)17-16(9-6-7-10-16)14(20)18(15)11-8-12-21-5-2/h4-12H2,1-3H3,(H,17,19). The molecule has 1 N–H and O–H groups in total. The van der Waals surface area contributed by atoms with Gasteiger partial charge in [0.1, 0.15) is 11.1 Å². The van der Waals surface area contributed by atoms with Gasteiger partial charge in [0.05, 0.1) is 0 Å². The summed E-state index contributed by atoms with van der Waals surface area (Å²) in [5.74, 6) is 0.114. The SMILES string of the molecule is CCOCCCN1C(=O)C2(CCCC2)NC(=O)C1(C)CC. The van der Waals surface area contributed by atoms with Gasteiger partial charge in [-0.3, -0.25) is 9.59 Å². The van der Waals surface area contributed by atoms with Crippen molar-refractivity contribution in [2.45, 2.75) is 70.4 Å². The third-order valence-corrected chi connectivity index (χ3v) is 5.11. The molecule has 1 atom stereocenters. The Morgan fingerprint density at radius 2 is 1.90 bits per heavy atom. The molecule has 0 aromatic carbocycles. The van der Waals surface area contributed by atoms with Crippen LogP contribution >= 0.6 is 0 Å². The van der Waals surface area contributed by atoms with E-state index in [1.807, 2.05) is 25.7 Å². The molecule has 1 heterocycles. The maximum atomic E-state index is 13.0. The number of hydrogen-bond acceptors (Lipinski definition) is 3. The van der Waals surface area contributed by atoms with Crippen molar-refractivity contribution in [1.82, 2.24) is 10.2 Å². The highest BCUT2D eigenvalue weighted by Gasteiger charge is 2.56. The van der Waals surface area contributed by atoms with Crippen LogP contribution in [0.5, 0.6) is 0 Å². The van der Waals surface area contributed by atoms with Crippen LogP contribution in [0.15, 0.2) is 0 Å². The Kier molecular flexibility index (Phi) is 4.91. The van der Waals surface area contributed by atoms with Crippen LogP contribution in [0.1, 0.15) is 59.3 Å². The van der Waals surface area contributed by atoms with Gasteiger partial charge in [-0.05, 0) is 39.5 Å². The van der Waals surface area contributed by atoms with E-state index >= 15 is 0 Å². The largest absolute Gasteiger partial charge is 0.382 e. The van der Waals surface area contributed by atoms with Crippen molar-refractivity contribution in [2.24, 2.45) is 0 Å². The lowest BCUT2D eigenvalue weighted by atomic mass is 9.83. The van der Waals surface area contributed by atoms with Crippen molar-refractivity contribution in [3.8, 4) is 0 Å². The lowest BCUT2D eigenvalue weighted by molar-refractivity contribution is -0.162. The van der Waals surface area contributed by atoms with Gasteiger partial charge in [0, 0.05) is 19.8 Å². The van der Waals surface area contributed by atoms with Crippen LogP contribution in [0.4, 0.5) is 0 Å². The number of nitrogens with zero attached hydrogens (tertiary/aromatic N) is 1. The van der Waals surface area contributed by atoms with E-state index in [0.29, 0.717) is 26.2 Å². The zero-order valence-electron chi connectivity index (χ0n) is 13.5. The van der Waals surface area contributed by atoms with Crippen LogP contribution in [0.25, 0.3) is 0 Å². The Morgan fingerprint density at radius 3 is 2.48 bits per heavy atom. The molecule has 1 saturated carbocycles. The lowest BCUT2D eigenvalue weighted by Gasteiger charge is -2.50. The van der Waals surface area contributed by atoms with E-state index < -0.39 is 11.1 Å². The molecule has 21 heavy (non-hydrogen) atoms. The number of rotatable bonds is 6. The van der Waals surface area contributed by atoms with Gasteiger partial charge in [-0.25, -0.2) is 0 Å². The molecule has 0 bridgehead atoms. The molecule has 1 saturated heterocycles. The molecular formula is C16H28N2O3. The first-order valence-corrected chi connectivity index (χ1v) is 8.22. The van der Waals surface area contributed by atoms with Crippen molar-refractivity contribution in [2.75, 3.05) is 19.8 Å². The molecule has 5 heteroatoms. The van der Waals surface area contributed by atoms with E-state index in [-0.39, 0.29) is 11.8 Å². The van der Waals surface area contributed by atoms with Crippen molar-refractivity contribution in [3.63, 3.8) is 0 Å². The molecule has 1 aliphatic heterocycles. The van der Waals surface area contributed by atoms with Crippen LogP contribution in [0.2, 0.25) is 0 Å². The Hall–Kier alpha value is -1.10. The number of carbonyl (C=O) groups excluding carboxylic acids is 2. The molecular weight excluding hydrogens is 268 g/mol. The first kappa shape index (κ1) is 16.3. The van der Waals surface area contributed by atoms with Crippen LogP contribution in [0, 0.1) is 0 Å². The van der Waals surface area contributed by atoms with E-state index in [1.54, 1.807) is 0 Å². The second-order valence-electron chi connectivity index (χ2n) is 6.38. The first-order chi connectivity index (χ1) is 10.00. The van der Waals surface area contributed by atoms with Crippen molar-refractivity contribution in [3.05, 3.63) is 0 Å². The maximum absolute atomic E-state index is 13.0. The van der Waals surface area contributed by atoms with Gasteiger partial charge < -0.3 is 15.0 Å². The maximum Gasteiger partial charge on any atom is 0.249 e. The minimum Gasteiger partial charge on any atom is -0.382 e. The number of amides is 2. The first-order valence-electron chi connectivity index (χ1n) is 8.22. The van der Waals surface area contributed by atoms with Crippen molar-refractivity contribution >= 4 is 11.8 Å². The van der Waals surface area contributed by atoms with Crippen molar-refractivity contribution < 1.29 is 14.3 Å². The average Bonchev–Trinajstić information content (AvgIpc) is 2.94. The number of piperazine rings is 1. The topological polar surface area (TPSA) is 58.6 Å². The van der Waals surface area contributed by atoms with Gasteiger partial charge in [0.2, 0.25) is 11.8 Å². The molecule has 2 fully saturated rings. The second kappa shape index (κ2) is 6.34. The molecule has 0 radical (unpaired) electrons. The summed E-state index contributed by atoms with van der Waals surface area (Å²) in [5, 5.41) is 3.05. The smallest absolute Gasteiger partial charge is 0.249 e. The summed E-state index contributed by atoms with van der Waals surface area (Å²) in [6.45, 7) is 7.72. The number of carbonyl (C=O) groups is 2. The lowest BCUT2D eigenvalue weighted by Crippen LogP contribution is -2.74. The highest BCUT2D eigenvalue weighted by atomic mass is 16.5. The van der Waals surface area contributed by atoms with E-state index in [2.05, 4.69) is 5.32 Å². The van der Waals surface area contributed by atoms with Gasteiger partial charge >= 0.3 is 0 Å². The zero-order valence-corrected chi connectivity index (χ0v) is 13.5. The predicted octanol–water partition coefficient (Wildman–Crippen LogP) is 1.85. The fourth-order valence-corrected chi connectivity index (χ4v) is 3.50. The third-order valence-electron chi connectivity index (χ3n) is 5.11. The van der Waals surface area contributed by atoms with Crippen LogP contribution in [-0.2, 0) is 14.3 Å². The van der Waals surface area contributed by atoms with E-state index in [4.69, 9.17) is 4.74 Å². The van der Waals surface area contributed by atoms with Gasteiger partial charge in [0.25, 0.3) is 0 Å². The Bertz CT molecular complexity index is 404. The van der Waals surface area contributed by atoms with Gasteiger partial charge in [-0.15, -0.1) is 0 Å². The molecule has 0 aromatic rings. The highest BCUT2D eigenvalue weighted by molar-refractivity contribution is 6.02. The van der Waals surface area contributed by atoms with E-state index in [1.165, 1.54) is 0 Å². The molecule has 1 unspecified atom stereocenters. The summed E-state index contributed by atoms with van der Waals surface area (Å²) in [4.78, 5) is 27.4. The normalized spacial score (nSPS) is 28.2. The fraction of sp³-hybridized carbons (Fsp3) is 0.875. The monoisotopic (exact) mass is 296 g/mol. The molecule has 2 rings (SSSR count). The van der Waals surface area contributed by atoms with Gasteiger partial charge in [-0.2, -0.15) is 0 Å². The highest BCUT2D eigenvalue weighted by Crippen LogP contribution is 2.38. The summed E-state index contributed by atoms with van der Waals surface area (Å²) < 4.78 is 5.37. The fourth-order valence-electron chi connectivity index (χ4n) is 3.50. The van der Waals surface area contributed by atoms with Crippen LogP contribution in [-0.4, -0.2) is 47.6 Å². The molecule has 1 aliphatic carbocycles. The van der Waals surface area contributed by atoms with Crippen LogP contribution < -0.4 is 5.32 Å². The molecule has 2 aliphatic rings. The summed E-state index contributed by atoms with van der Waals surface area (Å²) in [6, 6.07) is 0. The van der Waals surface area contributed by atoms with Gasteiger partial charge in [-0.1, -0.05) is 19.8 Å². The summed E-state index contributed by atoms with van der Waals surface area (Å²) in [5.41, 5.74) is -1.35. The van der Waals surface area contributed by atoms with Gasteiger partial charge in [0.15, 0.2) is 0 Å². The quantitative estimate of drug-likeness (QED) is 0.761. The average molecular weight is 296 g/mol. The Morgan fingerprint density at radius 1 is 1.24 bits per heavy atom. The summed E-state index contributed by atoms with van der Waals surface area (Å²) in [6.07, 6.45) is 5.00. The molecule has 2 amide bonds.